The summed E-state index contributed by atoms with van der Waals surface area (Å²) in [6.45, 7) is 0.806. The first-order valence-corrected chi connectivity index (χ1v) is 5.75. The zero-order valence-corrected chi connectivity index (χ0v) is 9.37. The van der Waals surface area contributed by atoms with Crippen molar-refractivity contribution in [3.8, 4) is 0 Å². The van der Waals surface area contributed by atoms with Gasteiger partial charge in [-0.25, -0.2) is 0 Å². The van der Waals surface area contributed by atoms with Gasteiger partial charge < -0.3 is 0 Å². The van der Waals surface area contributed by atoms with Gasteiger partial charge >= 0.3 is 0 Å². The van der Waals surface area contributed by atoms with Crippen molar-refractivity contribution in [3.63, 3.8) is 0 Å². The number of rotatable bonds is 2. The number of ketones is 1. The fraction of sp³-hybridized carbons (Fsp3) is 0.214. The lowest BCUT2D eigenvalue weighted by atomic mass is 10.1. The number of benzene rings is 1. The molecule has 0 spiro atoms. The van der Waals surface area contributed by atoms with Crippen LogP contribution in [-0.4, -0.2) is 18.4 Å². The van der Waals surface area contributed by atoms with E-state index >= 15 is 0 Å². The molecule has 1 aromatic rings. The first-order chi connectivity index (χ1) is 8.34. The van der Waals surface area contributed by atoms with Crippen molar-refractivity contribution in [3.05, 3.63) is 54.1 Å². The highest BCUT2D eigenvalue weighted by Gasteiger charge is 2.24. The molecule has 1 aromatic carbocycles. The van der Waals surface area contributed by atoms with Gasteiger partial charge in [-0.05, 0) is 30.2 Å². The largest absolute Gasteiger partial charge is 0.291 e. The Balaban J connectivity index is 1.78. The molecule has 1 aliphatic carbocycles. The third-order valence-corrected chi connectivity index (χ3v) is 3.02. The fourth-order valence-electron chi connectivity index (χ4n) is 2.15. The summed E-state index contributed by atoms with van der Waals surface area (Å²) in [5, 5.41) is 1.82. The SMILES string of the molecule is O=C1C=CC=C[C@@H]1ON1CCc2ccccc21. The van der Waals surface area contributed by atoms with Gasteiger partial charge in [0, 0.05) is 6.54 Å². The molecule has 3 rings (SSSR count). The molecule has 0 amide bonds. The average molecular weight is 227 g/mol. The molecule has 3 nitrogen and oxygen atoms in total. The molecule has 0 saturated carbocycles. The summed E-state index contributed by atoms with van der Waals surface area (Å²) in [4.78, 5) is 17.3. The van der Waals surface area contributed by atoms with Crippen LogP contribution in [0, 0.1) is 0 Å². The van der Waals surface area contributed by atoms with Crippen molar-refractivity contribution in [1.29, 1.82) is 0 Å². The summed E-state index contributed by atoms with van der Waals surface area (Å²) in [5.41, 5.74) is 2.35. The monoisotopic (exact) mass is 227 g/mol. The van der Waals surface area contributed by atoms with Crippen LogP contribution in [0.5, 0.6) is 0 Å². The number of fused-ring (bicyclic) bond motifs is 1. The van der Waals surface area contributed by atoms with E-state index in [9.17, 15) is 4.79 Å². The lowest BCUT2D eigenvalue weighted by Crippen LogP contribution is -2.32. The van der Waals surface area contributed by atoms with E-state index in [2.05, 4.69) is 6.07 Å². The van der Waals surface area contributed by atoms with Gasteiger partial charge in [0.25, 0.3) is 0 Å². The van der Waals surface area contributed by atoms with Crippen LogP contribution in [0.2, 0.25) is 0 Å². The first kappa shape index (κ1) is 10.3. The van der Waals surface area contributed by atoms with Crippen molar-refractivity contribution < 1.29 is 9.63 Å². The van der Waals surface area contributed by atoms with Gasteiger partial charge in [0.15, 0.2) is 11.9 Å². The topological polar surface area (TPSA) is 29.5 Å². The van der Waals surface area contributed by atoms with Crippen LogP contribution in [0.15, 0.2) is 48.6 Å². The van der Waals surface area contributed by atoms with E-state index in [0.29, 0.717) is 0 Å². The molecule has 0 N–H and O–H groups in total. The molecule has 0 bridgehead atoms. The smallest absolute Gasteiger partial charge is 0.191 e. The van der Waals surface area contributed by atoms with E-state index in [1.807, 2.05) is 29.3 Å². The van der Waals surface area contributed by atoms with Crippen LogP contribution in [0.1, 0.15) is 5.56 Å². The van der Waals surface area contributed by atoms with E-state index < -0.39 is 6.10 Å². The van der Waals surface area contributed by atoms with Gasteiger partial charge in [-0.2, -0.15) is 0 Å². The lowest BCUT2D eigenvalue weighted by molar-refractivity contribution is -0.123. The van der Waals surface area contributed by atoms with Crippen LogP contribution in [-0.2, 0) is 16.1 Å². The Hall–Kier alpha value is -1.87. The summed E-state index contributed by atoms with van der Waals surface area (Å²) in [5.74, 6) is -0.00289. The van der Waals surface area contributed by atoms with Crippen molar-refractivity contribution in [2.45, 2.75) is 12.5 Å². The van der Waals surface area contributed by atoms with Gasteiger partial charge in [0.1, 0.15) is 0 Å². The molecule has 2 aliphatic rings. The van der Waals surface area contributed by atoms with Gasteiger partial charge in [-0.15, -0.1) is 0 Å². The third kappa shape index (κ3) is 1.89. The van der Waals surface area contributed by atoms with E-state index in [1.165, 1.54) is 5.56 Å². The second-order valence-electron chi connectivity index (χ2n) is 4.15. The number of allylic oxidation sites excluding steroid dienone is 2. The molecule has 86 valence electrons. The summed E-state index contributed by atoms with van der Waals surface area (Å²) < 4.78 is 0. The Morgan fingerprint density at radius 1 is 1.24 bits per heavy atom. The minimum Gasteiger partial charge on any atom is -0.291 e. The number of hydrogen-bond donors (Lipinski definition) is 0. The van der Waals surface area contributed by atoms with Gasteiger partial charge in [-0.3, -0.25) is 14.7 Å². The predicted octanol–water partition coefficient (Wildman–Crippen LogP) is 2.04. The molecule has 3 heteroatoms. The number of para-hydroxylation sites is 1. The normalized spacial score (nSPS) is 22.0. The van der Waals surface area contributed by atoms with Crippen LogP contribution < -0.4 is 5.06 Å². The highest BCUT2D eigenvalue weighted by molar-refractivity contribution is 5.96. The van der Waals surface area contributed by atoms with E-state index in [4.69, 9.17) is 4.84 Å². The summed E-state index contributed by atoms with van der Waals surface area (Å²) in [7, 11) is 0. The molecule has 0 unspecified atom stereocenters. The standard InChI is InChI=1S/C14H13NO2/c16-13-7-3-4-8-14(13)17-15-10-9-11-5-1-2-6-12(11)15/h1-8,14H,9-10H2/t14-/m0/s1. The quantitative estimate of drug-likeness (QED) is 0.774. The highest BCUT2D eigenvalue weighted by atomic mass is 16.7. The maximum Gasteiger partial charge on any atom is 0.191 e. The van der Waals surface area contributed by atoms with Crippen molar-refractivity contribution in [1.82, 2.24) is 0 Å². The maximum absolute atomic E-state index is 11.6. The number of carbonyl (C=O) groups excluding carboxylic acids is 1. The van der Waals surface area contributed by atoms with Crippen LogP contribution in [0.3, 0.4) is 0 Å². The third-order valence-electron chi connectivity index (χ3n) is 3.02. The second kappa shape index (κ2) is 4.18. The first-order valence-electron chi connectivity index (χ1n) is 5.75. The van der Waals surface area contributed by atoms with Crippen molar-refractivity contribution in [2.24, 2.45) is 0 Å². The number of anilines is 1. The summed E-state index contributed by atoms with van der Waals surface area (Å²) in [6, 6.07) is 8.13. The Kier molecular flexibility index (Phi) is 2.53. The molecule has 0 aromatic heterocycles. The molecule has 0 saturated heterocycles. The Labute approximate surface area is 99.9 Å². The highest BCUT2D eigenvalue weighted by Crippen LogP contribution is 2.28. The van der Waals surface area contributed by atoms with Crippen LogP contribution in [0.25, 0.3) is 0 Å². The van der Waals surface area contributed by atoms with E-state index in [0.717, 1.165) is 18.7 Å². The second-order valence-corrected chi connectivity index (χ2v) is 4.15. The zero-order valence-electron chi connectivity index (χ0n) is 9.37. The molecule has 0 radical (unpaired) electrons. The van der Waals surface area contributed by atoms with Gasteiger partial charge in [0.2, 0.25) is 0 Å². The molecule has 17 heavy (non-hydrogen) atoms. The van der Waals surface area contributed by atoms with E-state index in [-0.39, 0.29) is 5.78 Å². The maximum atomic E-state index is 11.6. The minimum absolute atomic E-state index is 0.00289. The van der Waals surface area contributed by atoms with E-state index in [1.54, 1.807) is 18.2 Å². The van der Waals surface area contributed by atoms with Crippen molar-refractivity contribution >= 4 is 11.5 Å². The summed E-state index contributed by atoms with van der Waals surface area (Å²) >= 11 is 0. The molecular weight excluding hydrogens is 214 g/mol. The molecular formula is C14H13NO2. The van der Waals surface area contributed by atoms with Gasteiger partial charge in [0.05, 0.1) is 5.69 Å². The van der Waals surface area contributed by atoms with Crippen molar-refractivity contribution in [2.75, 3.05) is 11.6 Å². The Morgan fingerprint density at radius 2 is 2.12 bits per heavy atom. The number of nitrogens with zero attached hydrogens (tertiary/aromatic N) is 1. The fourth-order valence-corrected chi connectivity index (χ4v) is 2.15. The number of hydroxylamine groups is 1. The Bertz CT molecular complexity index is 505. The lowest BCUT2D eigenvalue weighted by Gasteiger charge is -2.23. The average Bonchev–Trinajstić information content (AvgIpc) is 2.76. The molecule has 0 fully saturated rings. The predicted molar refractivity (Wildman–Crippen MR) is 65.7 cm³/mol. The van der Waals surface area contributed by atoms with Crippen LogP contribution in [0.4, 0.5) is 5.69 Å². The zero-order chi connectivity index (χ0) is 11.7. The minimum atomic E-state index is -0.480. The Morgan fingerprint density at radius 3 is 3.00 bits per heavy atom. The summed E-state index contributed by atoms with van der Waals surface area (Å²) in [6.07, 6.45) is 7.40. The molecule has 1 aliphatic heterocycles. The molecule has 1 heterocycles. The van der Waals surface area contributed by atoms with Crippen LogP contribution >= 0.6 is 0 Å². The number of hydrogen-bond acceptors (Lipinski definition) is 3. The van der Waals surface area contributed by atoms with Gasteiger partial charge in [-0.1, -0.05) is 30.4 Å². The number of carbonyl (C=O) groups is 1. The molecule has 1 atom stereocenters.